The molecule has 0 aromatic rings. The van der Waals surface area contributed by atoms with Gasteiger partial charge in [-0.2, -0.15) is 0 Å². The Bertz CT molecular complexity index is 407. The predicted octanol–water partition coefficient (Wildman–Crippen LogP) is 3.76. The number of carbonyl (C=O) groups excluding carboxylic acids is 2. The third-order valence-electron chi connectivity index (χ3n) is 5.69. The first-order valence-corrected chi connectivity index (χ1v) is 11.5. The van der Waals surface area contributed by atoms with Crippen LogP contribution in [0.15, 0.2) is 0 Å². The van der Waals surface area contributed by atoms with Crippen LogP contribution in [-0.4, -0.2) is 31.9 Å². The van der Waals surface area contributed by atoms with Gasteiger partial charge in [-0.25, -0.2) is 4.79 Å². The van der Waals surface area contributed by atoms with Crippen molar-refractivity contribution in [3.05, 3.63) is 0 Å². The number of hydrogen-bond acceptors (Lipinski definition) is 3. The molecule has 0 aromatic heterocycles. The Kier molecular flexibility index (Phi) is 14.8. The van der Waals surface area contributed by atoms with Crippen molar-refractivity contribution in [1.82, 2.24) is 10.5 Å². The Labute approximate surface area is 172 Å². The zero-order valence-electron chi connectivity index (χ0n) is 17.7. The molecular weight excluding hydrogens is 351 g/mol. The van der Waals surface area contributed by atoms with Gasteiger partial charge in [0.2, 0.25) is 13.3 Å². The molecule has 0 spiro atoms. The monoisotopic (exact) mass is 393 g/mol. The summed E-state index contributed by atoms with van der Waals surface area (Å²) in [6, 6.07) is -1.09. The number of urea groups is 1. The highest BCUT2D eigenvalue weighted by Gasteiger charge is 2.17. The lowest BCUT2D eigenvalue weighted by atomic mass is 9.69. The summed E-state index contributed by atoms with van der Waals surface area (Å²) in [5, 5.41) is 5.46. The third-order valence-corrected chi connectivity index (χ3v) is 5.69. The van der Waals surface area contributed by atoms with Crippen LogP contribution in [0.2, 0.25) is 5.82 Å². The predicted molar refractivity (Wildman–Crippen MR) is 117 cm³/mol. The van der Waals surface area contributed by atoms with E-state index in [1.807, 2.05) is 7.41 Å². The van der Waals surface area contributed by atoms with E-state index in [0.29, 0.717) is 25.2 Å². The molecule has 0 saturated heterocycles. The molecule has 0 bridgehead atoms. The maximum absolute atomic E-state index is 12.2. The van der Waals surface area contributed by atoms with Gasteiger partial charge in [0.1, 0.15) is 0 Å². The molecule has 1 rings (SSSR count). The van der Waals surface area contributed by atoms with Crippen molar-refractivity contribution < 1.29 is 9.59 Å². The zero-order chi connectivity index (χ0) is 20.5. The molecule has 28 heavy (non-hydrogen) atoms. The Balaban J connectivity index is 2.29. The van der Waals surface area contributed by atoms with Gasteiger partial charge in [0.15, 0.2) is 0 Å². The summed E-state index contributed by atoms with van der Waals surface area (Å²) in [5.41, 5.74) is 11.0. The summed E-state index contributed by atoms with van der Waals surface area (Å²) in [7, 11) is 1.99. The minimum atomic E-state index is -0.548. The quantitative estimate of drug-likeness (QED) is 0.390. The van der Waals surface area contributed by atoms with Crippen LogP contribution in [0, 0.1) is 0 Å². The van der Waals surface area contributed by atoms with E-state index in [9.17, 15) is 9.59 Å². The molecule has 6 N–H and O–H groups in total. The van der Waals surface area contributed by atoms with Gasteiger partial charge in [-0.05, 0) is 18.7 Å². The highest BCUT2D eigenvalue weighted by atomic mass is 16.2. The van der Waals surface area contributed by atoms with E-state index >= 15 is 0 Å². The number of primary amides is 1. The molecule has 1 aliphatic rings. The fraction of sp³-hybridized carbons (Fsp3) is 0.905. The van der Waals surface area contributed by atoms with Crippen molar-refractivity contribution >= 4 is 19.4 Å². The number of hydrogen-bond donors (Lipinski definition) is 4. The maximum atomic E-state index is 12.2. The average Bonchev–Trinajstić information content (AvgIpc) is 2.68. The van der Waals surface area contributed by atoms with Gasteiger partial charge in [-0.1, -0.05) is 89.9 Å². The molecule has 161 valence electrons. The van der Waals surface area contributed by atoms with Gasteiger partial charge in [0.25, 0.3) is 0 Å². The third kappa shape index (κ3) is 13.9. The molecular formula is C21H42BN4O2. The van der Waals surface area contributed by atoms with Crippen LogP contribution in [0.4, 0.5) is 4.79 Å². The smallest absolute Gasteiger partial charge is 0.312 e. The van der Waals surface area contributed by atoms with Gasteiger partial charge >= 0.3 is 6.03 Å². The Morgan fingerprint density at radius 2 is 1.32 bits per heavy atom. The van der Waals surface area contributed by atoms with Gasteiger partial charge in [0.05, 0.1) is 6.04 Å². The van der Waals surface area contributed by atoms with Crippen molar-refractivity contribution in [3.8, 4) is 0 Å². The first-order chi connectivity index (χ1) is 13.6. The first-order valence-electron chi connectivity index (χ1n) is 11.5. The lowest BCUT2D eigenvalue weighted by Gasteiger charge is -2.18. The average molecular weight is 393 g/mol. The van der Waals surface area contributed by atoms with Crippen LogP contribution < -0.4 is 22.0 Å². The minimum absolute atomic E-state index is 0.130. The zero-order valence-corrected chi connectivity index (χ0v) is 17.7. The second-order valence-corrected chi connectivity index (χ2v) is 8.30. The molecule has 1 fully saturated rings. The van der Waals surface area contributed by atoms with E-state index in [4.69, 9.17) is 11.5 Å². The molecule has 0 heterocycles. The van der Waals surface area contributed by atoms with Crippen molar-refractivity contribution in [2.24, 2.45) is 11.5 Å². The number of carbonyl (C=O) groups is 2. The molecule has 1 saturated carbocycles. The van der Waals surface area contributed by atoms with Gasteiger partial charge in [-0.3, -0.25) is 4.79 Å². The molecule has 0 unspecified atom stereocenters. The highest BCUT2D eigenvalue weighted by Crippen LogP contribution is 2.23. The summed E-state index contributed by atoms with van der Waals surface area (Å²) in [6.07, 6.45) is 19.5. The van der Waals surface area contributed by atoms with E-state index in [2.05, 4.69) is 10.5 Å². The van der Waals surface area contributed by atoms with Crippen LogP contribution >= 0.6 is 0 Å². The van der Waals surface area contributed by atoms with E-state index < -0.39 is 12.1 Å². The number of amides is 3. The van der Waals surface area contributed by atoms with Gasteiger partial charge in [0, 0.05) is 6.54 Å². The van der Waals surface area contributed by atoms with Crippen LogP contribution in [-0.2, 0) is 4.79 Å². The summed E-state index contributed by atoms with van der Waals surface area (Å²) in [5.74, 6) is 0.313. The molecule has 1 atom stereocenters. The van der Waals surface area contributed by atoms with Crippen LogP contribution in [0.3, 0.4) is 0 Å². The number of nitrogens with two attached hydrogens (primary N) is 2. The Hall–Kier alpha value is -1.24. The maximum Gasteiger partial charge on any atom is 0.312 e. The second-order valence-electron chi connectivity index (χ2n) is 8.30. The second kappa shape index (κ2) is 16.7. The molecule has 1 aliphatic carbocycles. The Morgan fingerprint density at radius 1 is 0.857 bits per heavy atom. The molecule has 0 aromatic carbocycles. The topological polar surface area (TPSA) is 110 Å². The van der Waals surface area contributed by atoms with Crippen LogP contribution in [0.1, 0.15) is 103 Å². The minimum Gasteiger partial charge on any atom is -0.402 e. The van der Waals surface area contributed by atoms with Crippen LogP contribution in [0.5, 0.6) is 0 Å². The fourth-order valence-corrected chi connectivity index (χ4v) is 3.86. The molecule has 3 amide bonds. The van der Waals surface area contributed by atoms with E-state index in [-0.39, 0.29) is 5.91 Å². The van der Waals surface area contributed by atoms with E-state index in [0.717, 1.165) is 12.8 Å². The van der Waals surface area contributed by atoms with E-state index in [1.54, 1.807) is 0 Å². The molecule has 6 nitrogen and oxygen atoms in total. The lowest BCUT2D eigenvalue weighted by Crippen LogP contribution is -2.43. The standard InChI is InChI=1S/C21H42BN4O2/c23-19(16-13-17-25-21(24)28)20(27)26-22-18-14-11-9-7-5-3-1-2-4-6-8-10-12-15-18/h18-19H,1-17,23H2,(H,26,27)(H3,24,25,28)/t19-/m0/s1. The van der Waals surface area contributed by atoms with Crippen molar-refractivity contribution in [2.45, 2.75) is 115 Å². The Morgan fingerprint density at radius 3 is 1.79 bits per heavy atom. The summed E-state index contributed by atoms with van der Waals surface area (Å²) in [6.45, 7) is 0.447. The summed E-state index contributed by atoms with van der Waals surface area (Å²) < 4.78 is 0. The largest absolute Gasteiger partial charge is 0.402 e. The SMILES string of the molecule is NC(=O)NCCC[C@H](N)C(=O)N[B]C1CCCCCCCCCCCCCC1. The summed E-state index contributed by atoms with van der Waals surface area (Å²) >= 11 is 0. The lowest BCUT2D eigenvalue weighted by molar-refractivity contribution is -0.120. The normalized spacial score (nSPS) is 19.6. The number of nitrogens with one attached hydrogen (secondary N) is 2. The van der Waals surface area contributed by atoms with E-state index in [1.165, 1.54) is 77.0 Å². The van der Waals surface area contributed by atoms with Gasteiger partial charge < -0.3 is 22.0 Å². The van der Waals surface area contributed by atoms with Crippen LogP contribution in [0.25, 0.3) is 0 Å². The summed E-state index contributed by atoms with van der Waals surface area (Å²) in [4.78, 5) is 22.9. The molecule has 1 radical (unpaired) electrons. The fourth-order valence-electron chi connectivity index (χ4n) is 3.86. The van der Waals surface area contributed by atoms with Crippen molar-refractivity contribution in [1.29, 1.82) is 0 Å². The first kappa shape index (κ1) is 24.8. The molecule has 7 heteroatoms. The van der Waals surface area contributed by atoms with Gasteiger partial charge in [-0.15, -0.1) is 0 Å². The highest BCUT2D eigenvalue weighted by molar-refractivity contribution is 6.39. The van der Waals surface area contributed by atoms with Crippen molar-refractivity contribution in [2.75, 3.05) is 6.54 Å². The molecule has 0 aliphatic heterocycles. The number of rotatable bonds is 7. The van der Waals surface area contributed by atoms with Crippen molar-refractivity contribution in [3.63, 3.8) is 0 Å².